The number of amides is 1. The molecule has 0 atom stereocenters. The molecule has 0 fully saturated rings. The Labute approximate surface area is 154 Å². The fourth-order valence-corrected chi connectivity index (χ4v) is 2.91. The molecule has 0 aliphatic heterocycles. The van der Waals surface area contributed by atoms with E-state index in [-0.39, 0.29) is 24.4 Å². The average Bonchev–Trinajstić information content (AvgIpc) is 2.52. The molecule has 0 unspecified atom stereocenters. The molecule has 0 spiro atoms. The number of hydrogen-bond donors (Lipinski definition) is 1. The summed E-state index contributed by atoms with van der Waals surface area (Å²) in [6, 6.07) is 3.99. The fraction of sp³-hybridized carbons (Fsp3) is 0.500. The van der Waals surface area contributed by atoms with Crippen LogP contribution in [0.15, 0.2) is 18.2 Å². The number of non-ortho nitro benzene ring substituents is 1. The third kappa shape index (κ3) is 6.96. The van der Waals surface area contributed by atoms with E-state index in [2.05, 4.69) is 21.2 Å². The van der Waals surface area contributed by atoms with Crippen LogP contribution in [-0.2, 0) is 14.3 Å². The summed E-state index contributed by atoms with van der Waals surface area (Å²) in [4.78, 5) is 24.4. The lowest BCUT2D eigenvalue weighted by atomic mass is 10.1. The van der Waals surface area contributed by atoms with Gasteiger partial charge in [-0.25, -0.2) is 0 Å². The van der Waals surface area contributed by atoms with Gasteiger partial charge in [0.2, 0.25) is 0 Å². The van der Waals surface area contributed by atoms with E-state index < -0.39 is 20.9 Å². The number of halogens is 1. The minimum absolute atomic E-state index is 0.0995. The van der Waals surface area contributed by atoms with Crippen molar-refractivity contribution in [1.29, 1.82) is 0 Å². The van der Waals surface area contributed by atoms with E-state index in [1.165, 1.54) is 18.2 Å². The monoisotopic (exact) mass is 437 g/mol. The zero-order valence-corrected chi connectivity index (χ0v) is 16.3. The van der Waals surface area contributed by atoms with Crippen molar-refractivity contribution in [2.75, 3.05) is 42.7 Å². The maximum atomic E-state index is 12.3. The predicted molar refractivity (Wildman–Crippen MR) is 97.9 cm³/mol. The molecule has 1 N–H and O–H groups in total. The molecule has 1 rings (SSSR count). The third-order valence-electron chi connectivity index (χ3n) is 3.13. The first-order valence-electron chi connectivity index (χ1n) is 7.41. The Balaban J connectivity index is 3.18. The van der Waals surface area contributed by atoms with E-state index in [9.17, 15) is 23.3 Å². The summed E-state index contributed by atoms with van der Waals surface area (Å²) >= 11 is 3.30. The van der Waals surface area contributed by atoms with Crippen LogP contribution in [0.3, 0.4) is 0 Å². The number of carbonyl (C=O) groups is 1. The molecule has 1 amide bonds. The van der Waals surface area contributed by atoms with Crippen LogP contribution in [0.25, 0.3) is 0 Å². The molecular formula is C14H20BrN3O6S. The summed E-state index contributed by atoms with van der Waals surface area (Å²) in [6.07, 6.45) is 0.952. The van der Waals surface area contributed by atoms with Crippen molar-refractivity contribution < 1.29 is 22.3 Å². The number of hydrogen-bond acceptors (Lipinski definition) is 7. The van der Waals surface area contributed by atoms with Crippen molar-refractivity contribution in [3.63, 3.8) is 0 Å². The molecule has 0 saturated heterocycles. The van der Waals surface area contributed by atoms with E-state index in [0.717, 1.165) is 6.26 Å². The van der Waals surface area contributed by atoms with Crippen molar-refractivity contribution in [2.45, 2.75) is 6.92 Å². The Morgan fingerprint density at radius 3 is 2.60 bits per heavy atom. The van der Waals surface area contributed by atoms with Gasteiger partial charge < -0.3 is 10.2 Å². The average molecular weight is 438 g/mol. The maximum absolute atomic E-state index is 12.3. The van der Waals surface area contributed by atoms with Gasteiger partial charge in [-0.05, 0) is 13.0 Å². The molecule has 0 heterocycles. The molecule has 1 aromatic carbocycles. The SMILES string of the molecule is CCNC(=O)c1cc([N+](=O)[O-])ccc1N(CCBr)CCOS(C)(=O)=O. The quantitative estimate of drug-likeness (QED) is 0.255. The van der Waals surface area contributed by atoms with Crippen molar-refractivity contribution in [2.24, 2.45) is 0 Å². The van der Waals surface area contributed by atoms with Gasteiger partial charge in [-0.3, -0.25) is 19.1 Å². The Morgan fingerprint density at radius 2 is 2.08 bits per heavy atom. The van der Waals surface area contributed by atoms with Crippen LogP contribution < -0.4 is 10.2 Å². The summed E-state index contributed by atoms with van der Waals surface area (Å²) < 4.78 is 26.9. The summed E-state index contributed by atoms with van der Waals surface area (Å²) in [6.45, 7) is 2.67. The zero-order valence-electron chi connectivity index (χ0n) is 13.9. The Morgan fingerprint density at radius 1 is 1.40 bits per heavy atom. The smallest absolute Gasteiger partial charge is 0.270 e. The number of alkyl halides is 1. The predicted octanol–water partition coefficient (Wildman–Crippen LogP) is 1.52. The molecule has 0 bridgehead atoms. The van der Waals surface area contributed by atoms with Gasteiger partial charge in [-0.2, -0.15) is 8.42 Å². The molecule has 1 aromatic rings. The van der Waals surface area contributed by atoms with Gasteiger partial charge in [0.25, 0.3) is 21.7 Å². The van der Waals surface area contributed by atoms with Gasteiger partial charge >= 0.3 is 0 Å². The highest BCUT2D eigenvalue weighted by atomic mass is 79.9. The lowest BCUT2D eigenvalue weighted by Gasteiger charge is -2.25. The van der Waals surface area contributed by atoms with Crippen LogP contribution in [-0.4, -0.2) is 57.1 Å². The maximum Gasteiger partial charge on any atom is 0.270 e. The van der Waals surface area contributed by atoms with Gasteiger partial charge in [0.05, 0.1) is 29.0 Å². The van der Waals surface area contributed by atoms with Gasteiger partial charge in [-0.1, -0.05) is 15.9 Å². The number of benzene rings is 1. The second-order valence-electron chi connectivity index (χ2n) is 5.02. The molecule has 9 nitrogen and oxygen atoms in total. The molecule has 11 heteroatoms. The minimum atomic E-state index is -3.58. The molecule has 0 aliphatic carbocycles. The lowest BCUT2D eigenvalue weighted by Crippen LogP contribution is -2.33. The first kappa shape index (κ1) is 21.3. The van der Waals surface area contributed by atoms with Crippen LogP contribution in [0.4, 0.5) is 11.4 Å². The molecule has 140 valence electrons. The van der Waals surface area contributed by atoms with E-state index in [1.807, 2.05) is 0 Å². The minimum Gasteiger partial charge on any atom is -0.368 e. The molecular weight excluding hydrogens is 418 g/mol. The largest absolute Gasteiger partial charge is 0.368 e. The summed E-state index contributed by atoms with van der Waals surface area (Å²) in [5.74, 6) is -0.440. The highest BCUT2D eigenvalue weighted by molar-refractivity contribution is 9.09. The number of nitro groups is 1. The van der Waals surface area contributed by atoms with Crippen LogP contribution in [0, 0.1) is 10.1 Å². The standard InChI is InChI=1S/C14H20BrN3O6S/c1-3-16-14(19)12-10-11(18(20)21)4-5-13(12)17(7-6-15)8-9-24-25(2,22)23/h4-5,10H,3,6-9H2,1-2H3,(H,16,19). The topological polar surface area (TPSA) is 119 Å². The van der Waals surface area contributed by atoms with Gasteiger partial charge in [-0.15, -0.1) is 0 Å². The van der Waals surface area contributed by atoms with E-state index in [1.54, 1.807) is 11.8 Å². The number of nitro benzene ring substituents is 1. The first-order chi connectivity index (χ1) is 11.7. The zero-order chi connectivity index (χ0) is 19.0. The van der Waals surface area contributed by atoms with Crippen LogP contribution in [0.5, 0.6) is 0 Å². The highest BCUT2D eigenvalue weighted by Gasteiger charge is 2.20. The molecule has 0 saturated carbocycles. The summed E-state index contributed by atoms with van der Waals surface area (Å²) in [5.41, 5.74) is 0.417. The Kier molecular flexibility index (Phi) is 8.26. The number of rotatable bonds is 10. The second-order valence-corrected chi connectivity index (χ2v) is 7.46. The highest BCUT2D eigenvalue weighted by Crippen LogP contribution is 2.26. The van der Waals surface area contributed by atoms with Crippen molar-refractivity contribution >= 4 is 43.3 Å². The number of nitrogens with zero attached hydrogens (tertiary/aromatic N) is 2. The van der Waals surface area contributed by atoms with Gasteiger partial charge in [0, 0.05) is 37.1 Å². The fourth-order valence-electron chi connectivity index (χ4n) is 2.10. The molecule has 0 aliphatic rings. The molecule has 0 radical (unpaired) electrons. The molecule has 25 heavy (non-hydrogen) atoms. The number of carbonyl (C=O) groups excluding carboxylic acids is 1. The van der Waals surface area contributed by atoms with Gasteiger partial charge in [0.1, 0.15) is 0 Å². The second kappa shape index (κ2) is 9.68. The van der Waals surface area contributed by atoms with Crippen molar-refractivity contribution in [3.05, 3.63) is 33.9 Å². The van der Waals surface area contributed by atoms with Crippen molar-refractivity contribution in [1.82, 2.24) is 5.32 Å². The Hall–Kier alpha value is -1.72. The number of anilines is 1. The summed E-state index contributed by atoms with van der Waals surface area (Å²) in [5, 5.41) is 14.2. The van der Waals surface area contributed by atoms with Crippen LogP contribution in [0.2, 0.25) is 0 Å². The van der Waals surface area contributed by atoms with Crippen LogP contribution in [0.1, 0.15) is 17.3 Å². The first-order valence-corrected chi connectivity index (χ1v) is 10.3. The van der Waals surface area contributed by atoms with E-state index >= 15 is 0 Å². The lowest BCUT2D eigenvalue weighted by molar-refractivity contribution is -0.384. The normalized spacial score (nSPS) is 11.2. The van der Waals surface area contributed by atoms with E-state index in [4.69, 9.17) is 4.18 Å². The summed E-state index contributed by atoms with van der Waals surface area (Å²) in [7, 11) is -3.58. The number of nitrogens with one attached hydrogen (secondary N) is 1. The van der Waals surface area contributed by atoms with Crippen molar-refractivity contribution in [3.8, 4) is 0 Å². The van der Waals surface area contributed by atoms with E-state index in [0.29, 0.717) is 24.1 Å². The third-order valence-corrected chi connectivity index (χ3v) is 4.08. The van der Waals surface area contributed by atoms with Crippen LogP contribution >= 0.6 is 15.9 Å². The Bertz CT molecular complexity index is 725. The van der Waals surface area contributed by atoms with Gasteiger partial charge in [0.15, 0.2) is 0 Å². The molecule has 0 aromatic heterocycles.